The summed E-state index contributed by atoms with van der Waals surface area (Å²) in [6.45, 7) is 4.32. The van der Waals surface area contributed by atoms with Crippen molar-refractivity contribution in [1.29, 1.82) is 0 Å². The molecule has 0 spiro atoms. The molecule has 0 aliphatic rings. The van der Waals surface area contributed by atoms with Crippen molar-refractivity contribution in [3.05, 3.63) is 30.1 Å². The van der Waals surface area contributed by atoms with E-state index in [0.29, 0.717) is 13.1 Å². The third kappa shape index (κ3) is 3.27. The summed E-state index contributed by atoms with van der Waals surface area (Å²) in [7, 11) is 0. The maximum Gasteiger partial charge on any atom is 0.0558 e. The fraction of sp³-hybridized carbons (Fsp3) is 0.545. The van der Waals surface area contributed by atoms with Crippen LogP contribution in [0.5, 0.6) is 0 Å². The van der Waals surface area contributed by atoms with Crippen LogP contribution in [0.2, 0.25) is 0 Å². The fourth-order valence-electron chi connectivity index (χ4n) is 1.74. The third-order valence-electron chi connectivity index (χ3n) is 2.55. The molecule has 4 heteroatoms. The van der Waals surface area contributed by atoms with Gasteiger partial charge >= 0.3 is 0 Å². The van der Waals surface area contributed by atoms with Crippen LogP contribution in [0.15, 0.2) is 24.5 Å². The van der Waals surface area contributed by atoms with Gasteiger partial charge in [0.1, 0.15) is 0 Å². The van der Waals surface area contributed by atoms with Crippen LogP contribution in [0.25, 0.3) is 0 Å². The number of nitrogens with two attached hydrogens (primary N) is 1. The Morgan fingerprint density at radius 2 is 2.13 bits per heavy atom. The number of aromatic nitrogens is 1. The molecule has 4 nitrogen and oxygen atoms in total. The quantitative estimate of drug-likeness (QED) is 0.711. The van der Waals surface area contributed by atoms with Crippen molar-refractivity contribution in [1.82, 2.24) is 9.88 Å². The Labute approximate surface area is 90.7 Å². The minimum absolute atomic E-state index is 0.162. The van der Waals surface area contributed by atoms with Gasteiger partial charge < -0.3 is 10.8 Å². The van der Waals surface area contributed by atoms with E-state index < -0.39 is 0 Å². The lowest BCUT2D eigenvalue weighted by atomic mass is 10.1. The summed E-state index contributed by atoms with van der Waals surface area (Å²) in [4.78, 5) is 6.15. The Hall–Kier alpha value is -0.970. The summed E-state index contributed by atoms with van der Waals surface area (Å²) >= 11 is 0. The van der Waals surface area contributed by atoms with Crippen molar-refractivity contribution < 1.29 is 5.11 Å². The molecule has 0 saturated carbocycles. The minimum Gasteiger partial charge on any atom is -0.395 e. The molecule has 1 aromatic rings. The molecule has 3 N–H and O–H groups in total. The summed E-state index contributed by atoms with van der Waals surface area (Å²) in [5, 5.41) is 8.96. The normalized spacial score (nSPS) is 13.1. The van der Waals surface area contributed by atoms with E-state index in [1.165, 1.54) is 0 Å². The van der Waals surface area contributed by atoms with Gasteiger partial charge in [-0.3, -0.25) is 9.88 Å². The van der Waals surface area contributed by atoms with Gasteiger partial charge in [0, 0.05) is 31.5 Å². The molecule has 0 fully saturated rings. The SMILES string of the molecule is CCN(CCO)C(CN)c1ccncc1. The highest BCUT2D eigenvalue weighted by Gasteiger charge is 2.16. The van der Waals surface area contributed by atoms with E-state index in [1.807, 2.05) is 12.1 Å². The topological polar surface area (TPSA) is 62.4 Å². The average molecular weight is 209 g/mol. The predicted octanol–water partition coefficient (Wildman–Crippen LogP) is 0.396. The van der Waals surface area contributed by atoms with Crippen LogP contribution < -0.4 is 5.73 Å². The first-order valence-corrected chi connectivity index (χ1v) is 5.28. The Morgan fingerprint density at radius 3 is 2.60 bits per heavy atom. The van der Waals surface area contributed by atoms with Gasteiger partial charge in [-0.2, -0.15) is 0 Å². The number of hydrogen-bond donors (Lipinski definition) is 2. The number of likely N-dealkylation sites (N-methyl/N-ethyl adjacent to an activating group) is 1. The van der Waals surface area contributed by atoms with Gasteiger partial charge in [0.25, 0.3) is 0 Å². The van der Waals surface area contributed by atoms with Gasteiger partial charge in [-0.25, -0.2) is 0 Å². The fourth-order valence-corrected chi connectivity index (χ4v) is 1.74. The maximum atomic E-state index is 8.96. The average Bonchev–Trinajstić information content (AvgIpc) is 2.30. The van der Waals surface area contributed by atoms with E-state index in [4.69, 9.17) is 10.8 Å². The third-order valence-corrected chi connectivity index (χ3v) is 2.55. The second-order valence-corrected chi connectivity index (χ2v) is 3.38. The van der Waals surface area contributed by atoms with Gasteiger partial charge in [0.2, 0.25) is 0 Å². The largest absolute Gasteiger partial charge is 0.395 e. The Morgan fingerprint density at radius 1 is 1.47 bits per heavy atom. The summed E-state index contributed by atoms with van der Waals surface area (Å²) in [5.74, 6) is 0. The highest BCUT2D eigenvalue weighted by atomic mass is 16.3. The smallest absolute Gasteiger partial charge is 0.0558 e. The second kappa shape index (κ2) is 6.50. The number of pyridine rings is 1. The molecule has 0 amide bonds. The van der Waals surface area contributed by atoms with Gasteiger partial charge in [0.05, 0.1) is 6.61 Å². The standard InChI is InChI=1S/C11H19N3O/c1-2-14(7-8-15)11(9-12)10-3-5-13-6-4-10/h3-6,11,15H,2,7-9,12H2,1H3. The molecule has 0 aliphatic heterocycles. The minimum atomic E-state index is 0.162. The van der Waals surface area contributed by atoms with Crippen LogP contribution in [-0.4, -0.2) is 41.2 Å². The molecular weight excluding hydrogens is 190 g/mol. The van der Waals surface area contributed by atoms with Crippen LogP contribution in [0.3, 0.4) is 0 Å². The van der Waals surface area contributed by atoms with E-state index in [1.54, 1.807) is 12.4 Å². The monoisotopic (exact) mass is 209 g/mol. The second-order valence-electron chi connectivity index (χ2n) is 3.38. The first-order valence-electron chi connectivity index (χ1n) is 5.28. The lowest BCUT2D eigenvalue weighted by Crippen LogP contribution is -2.35. The molecular formula is C11H19N3O. The molecule has 1 unspecified atom stereocenters. The maximum absolute atomic E-state index is 8.96. The highest BCUT2D eigenvalue weighted by Crippen LogP contribution is 2.17. The zero-order valence-corrected chi connectivity index (χ0v) is 9.13. The molecule has 0 radical (unpaired) electrons. The predicted molar refractivity (Wildman–Crippen MR) is 60.4 cm³/mol. The van der Waals surface area contributed by atoms with E-state index >= 15 is 0 Å². The highest BCUT2D eigenvalue weighted by molar-refractivity contribution is 5.15. The molecule has 0 aromatic carbocycles. The van der Waals surface area contributed by atoms with Crippen molar-refractivity contribution in [3.8, 4) is 0 Å². The molecule has 0 saturated heterocycles. The molecule has 1 rings (SSSR count). The van der Waals surface area contributed by atoms with Crippen LogP contribution in [0.4, 0.5) is 0 Å². The zero-order valence-electron chi connectivity index (χ0n) is 9.13. The number of rotatable bonds is 6. The first kappa shape index (κ1) is 12.1. The number of hydrogen-bond acceptors (Lipinski definition) is 4. The molecule has 1 heterocycles. The lowest BCUT2D eigenvalue weighted by molar-refractivity contribution is 0.160. The van der Waals surface area contributed by atoms with Gasteiger partial charge in [-0.05, 0) is 24.2 Å². The number of nitrogens with zero attached hydrogens (tertiary/aromatic N) is 2. The molecule has 84 valence electrons. The summed E-state index contributed by atoms with van der Waals surface area (Å²) in [6.07, 6.45) is 3.54. The zero-order chi connectivity index (χ0) is 11.1. The molecule has 15 heavy (non-hydrogen) atoms. The van der Waals surface area contributed by atoms with Crippen molar-refractivity contribution in [2.24, 2.45) is 5.73 Å². The van der Waals surface area contributed by atoms with Gasteiger partial charge in [0.15, 0.2) is 0 Å². The van der Waals surface area contributed by atoms with Crippen molar-refractivity contribution in [2.45, 2.75) is 13.0 Å². The Kier molecular flexibility index (Phi) is 5.25. The van der Waals surface area contributed by atoms with E-state index in [-0.39, 0.29) is 12.6 Å². The van der Waals surface area contributed by atoms with E-state index in [9.17, 15) is 0 Å². The van der Waals surface area contributed by atoms with Gasteiger partial charge in [-0.15, -0.1) is 0 Å². The van der Waals surface area contributed by atoms with E-state index in [0.717, 1.165) is 12.1 Å². The van der Waals surface area contributed by atoms with Crippen LogP contribution in [-0.2, 0) is 0 Å². The van der Waals surface area contributed by atoms with Crippen LogP contribution in [0, 0.1) is 0 Å². The van der Waals surface area contributed by atoms with Crippen molar-refractivity contribution >= 4 is 0 Å². The van der Waals surface area contributed by atoms with Crippen molar-refractivity contribution in [3.63, 3.8) is 0 Å². The van der Waals surface area contributed by atoms with Crippen LogP contribution in [0.1, 0.15) is 18.5 Å². The molecule has 0 aliphatic carbocycles. The molecule has 0 bridgehead atoms. The Balaban J connectivity index is 2.77. The van der Waals surface area contributed by atoms with Crippen LogP contribution >= 0.6 is 0 Å². The number of aliphatic hydroxyl groups excluding tert-OH is 1. The van der Waals surface area contributed by atoms with Gasteiger partial charge in [-0.1, -0.05) is 6.92 Å². The molecule has 1 atom stereocenters. The number of aliphatic hydroxyl groups is 1. The first-order chi connectivity index (χ1) is 7.33. The summed E-state index contributed by atoms with van der Waals surface area (Å²) < 4.78 is 0. The van der Waals surface area contributed by atoms with E-state index in [2.05, 4.69) is 16.8 Å². The molecule has 1 aromatic heterocycles. The summed E-state index contributed by atoms with van der Waals surface area (Å²) in [5.41, 5.74) is 6.92. The Bertz CT molecular complexity index is 266. The van der Waals surface area contributed by atoms with Crippen molar-refractivity contribution in [2.75, 3.05) is 26.2 Å². The lowest BCUT2D eigenvalue weighted by Gasteiger charge is -2.29. The summed E-state index contributed by atoms with van der Waals surface area (Å²) in [6, 6.07) is 4.11.